The largest absolute Gasteiger partial charge is 0.366 e. The van der Waals surface area contributed by atoms with Crippen LogP contribution in [0.15, 0.2) is 30.3 Å². The predicted octanol–water partition coefficient (Wildman–Crippen LogP) is 1.76. The van der Waals surface area contributed by atoms with Gasteiger partial charge in [-0.05, 0) is 18.7 Å². The van der Waals surface area contributed by atoms with Gasteiger partial charge in [-0.1, -0.05) is 30.3 Å². The number of nitrogens with one attached hydrogen (secondary N) is 1. The number of thioether (sulfide) groups is 1. The van der Waals surface area contributed by atoms with Crippen LogP contribution in [0.4, 0.5) is 0 Å². The molecule has 0 radical (unpaired) electrons. The van der Waals surface area contributed by atoms with Crippen LogP contribution in [0.1, 0.15) is 12.5 Å². The zero-order chi connectivity index (χ0) is 15.1. The Morgan fingerprint density at radius 1 is 1.48 bits per heavy atom. The van der Waals surface area contributed by atoms with Gasteiger partial charge in [0.1, 0.15) is 6.10 Å². The molecule has 1 fully saturated rings. The number of morpholine rings is 1. The lowest BCUT2D eigenvalue weighted by atomic mass is 10.2. The second-order valence-electron chi connectivity index (χ2n) is 5.45. The molecule has 0 bridgehead atoms. The summed E-state index contributed by atoms with van der Waals surface area (Å²) in [7, 11) is 0. The topological polar surface area (TPSA) is 41.6 Å². The van der Waals surface area contributed by atoms with E-state index >= 15 is 0 Å². The molecule has 1 heterocycles. The Bertz CT molecular complexity index is 441. The third-order valence-electron chi connectivity index (χ3n) is 3.50. The molecule has 21 heavy (non-hydrogen) atoms. The van der Waals surface area contributed by atoms with Gasteiger partial charge in [-0.25, -0.2) is 0 Å². The van der Waals surface area contributed by atoms with Gasteiger partial charge < -0.3 is 10.1 Å². The highest BCUT2D eigenvalue weighted by atomic mass is 32.2. The first-order chi connectivity index (χ1) is 10.2. The van der Waals surface area contributed by atoms with E-state index in [9.17, 15) is 4.79 Å². The van der Waals surface area contributed by atoms with Crippen LogP contribution >= 0.6 is 11.8 Å². The van der Waals surface area contributed by atoms with Gasteiger partial charge in [0, 0.05) is 31.4 Å². The highest BCUT2D eigenvalue weighted by Crippen LogP contribution is 2.11. The molecule has 0 unspecified atom stereocenters. The number of carbonyl (C=O) groups is 1. The molecule has 2 rings (SSSR count). The van der Waals surface area contributed by atoms with Gasteiger partial charge in [-0.2, -0.15) is 11.8 Å². The fourth-order valence-corrected chi connectivity index (χ4v) is 3.06. The molecule has 0 aliphatic carbocycles. The number of rotatable bonds is 6. The Labute approximate surface area is 131 Å². The average Bonchev–Trinajstić information content (AvgIpc) is 2.49. The first-order valence-electron chi connectivity index (χ1n) is 7.36. The van der Waals surface area contributed by atoms with Crippen LogP contribution in [-0.2, 0) is 16.1 Å². The molecular weight excluding hydrogens is 284 g/mol. The van der Waals surface area contributed by atoms with Crippen molar-refractivity contribution in [2.45, 2.75) is 25.6 Å². The second kappa shape index (κ2) is 8.41. The fourth-order valence-electron chi connectivity index (χ4n) is 2.47. The Morgan fingerprint density at radius 2 is 2.24 bits per heavy atom. The van der Waals surface area contributed by atoms with Crippen molar-refractivity contribution in [3.8, 4) is 0 Å². The molecular formula is C16H24N2O2S. The molecule has 0 saturated carbocycles. The molecule has 1 amide bonds. The molecule has 4 nitrogen and oxygen atoms in total. The minimum atomic E-state index is -0.355. The van der Waals surface area contributed by atoms with E-state index in [0.717, 1.165) is 18.8 Å². The van der Waals surface area contributed by atoms with Crippen molar-refractivity contribution in [2.75, 3.05) is 31.7 Å². The molecule has 1 aliphatic rings. The van der Waals surface area contributed by atoms with E-state index in [4.69, 9.17) is 4.74 Å². The molecule has 1 aromatic rings. The first kappa shape index (κ1) is 16.3. The maximum atomic E-state index is 12.2. The van der Waals surface area contributed by atoms with Crippen molar-refractivity contribution in [3.05, 3.63) is 35.9 Å². The van der Waals surface area contributed by atoms with E-state index in [1.807, 2.05) is 31.4 Å². The number of ether oxygens (including phenoxy) is 1. The number of hydrogen-bond acceptors (Lipinski definition) is 4. The average molecular weight is 308 g/mol. The van der Waals surface area contributed by atoms with Gasteiger partial charge >= 0.3 is 0 Å². The lowest BCUT2D eigenvalue weighted by Gasteiger charge is -2.32. The molecule has 1 N–H and O–H groups in total. The van der Waals surface area contributed by atoms with Crippen LogP contribution < -0.4 is 5.32 Å². The van der Waals surface area contributed by atoms with E-state index < -0.39 is 0 Å². The summed E-state index contributed by atoms with van der Waals surface area (Å²) in [4.78, 5) is 14.5. The Morgan fingerprint density at radius 3 is 2.95 bits per heavy atom. The van der Waals surface area contributed by atoms with Crippen molar-refractivity contribution >= 4 is 17.7 Å². The van der Waals surface area contributed by atoms with Crippen molar-refractivity contribution in [1.29, 1.82) is 0 Å². The quantitative estimate of drug-likeness (QED) is 0.869. The number of hydrogen-bond donors (Lipinski definition) is 1. The zero-order valence-corrected chi connectivity index (χ0v) is 13.6. The lowest BCUT2D eigenvalue weighted by molar-refractivity contribution is -0.139. The predicted molar refractivity (Wildman–Crippen MR) is 87.4 cm³/mol. The van der Waals surface area contributed by atoms with Gasteiger partial charge in [-0.3, -0.25) is 9.69 Å². The van der Waals surface area contributed by atoms with Crippen molar-refractivity contribution in [1.82, 2.24) is 10.2 Å². The van der Waals surface area contributed by atoms with Crippen molar-refractivity contribution < 1.29 is 9.53 Å². The number of carbonyl (C=O) groups excluding carboxylic acids is 1. The van der Waals surface area contributed by atoms with Gasteiger partial charge in [0.05, 0.1) is 6.61 Å². The summed E-state index contributed by atoms with van der Waals surface area (Å²) in [5.74, 6) is 0.931. The summed E-state index contributed by atoms with van der Waals surface area (Å²) >= 11 is 1.73. The maximum Gasteiger partial charge on any atom is 0.250 e. The standard InChI is InChI=1S/C16H24N2O2S/c1-13(12-21-2)17-16(19)15-11-18(8-9-20-15)10-14-6-4-3-5-7-14/h3-7,13,15H,8-12H2,1-2H3,(H,17,19)/t13-,15+/m1/s1. The van der Waals surface area contributed by atoms with Gasteiger partial charge in [-0.15, -0.1) is 0 Å². The SMILES string of the molecule is CSC[C@@H](C)NC(=O)[C@@H]1CN(Cc2ccccc2)CCO1. The zero-order valence-electron chi connectivity index (χ0n) is 12.7. The monoisotopic (exact) mass is 308 g/mol. The molecule has 2 atom stereocenters. The Balaban J connectivity index is 1.84. The van der Waals surface area contributed by atoms with E-state index in [-0.39, 0.29) is 18.1 Å². The smallest absolute Gasteiger partial charge is 0.250 e. The van der Waals surface area contributed by atoms with Crippen LogP contribution in [0.5, 0.6) is 0 Å². The normalized spacial score (nSPS) is 21.0. The highest BCUT2D eigenvalue weighted by Gasteiger charge is 2.27. The minimum Gasteiger partial charge on any atom is -0.366 e. The third-order valence-corrected chi connectivity index (χ3v) is 4.33. The van der Waals surface area contributed by atoms with Crippen LogP contribution in [0, 0.1) is 0 Å². The van der Waals surface area contributed by atoms with Gasteiger partial charge in [0.25, 0.3) is 5.91 Å². The minimum absolute atomic E-state index is 0.00862. The summed E-state index contributed by atoms with van der Waals surface area (Å²) in [5.41, 5.74) is 1.27. The van der Waals surface area contributed by atoms with Crippen molar-refractivity contribution in [2.24, 2.45) is 0 Å². The second-order valence-corrected chi connectivity index (χ2v) is 6.36. The summed E-state index contributed by atoms with van der Waals surface area (Å²) in [6, 6.07) is 10.5. The Hall–Kier alpha value is -1.04. The highest BCUT2D eigenvalue weighted by molar-refractivity contribution is 7.98. The van der Waals surface area contributed by atoms with Crippen LogP contribution in [0.3, 0.4) is 0 Å². The number of nitrogens with zero attached hydrogens (tertiary/aromatic N) is 1. The molecule has 0 spiro atoms. The van der Waals surface area contributed by atoms with Crippen LogP contribution in [0.25, 0.3) is 0 Å². The summed E-state index contributed by atoms with van der Waals surface area (Å²) in [5, 5.41) is 3.02. The first-order valence-corrected chi connectivity index (χ1v) is 8.75. The molecule has 5 heteroatoms. The van der Waals surface area contributed by atoms with Crippen LogP contribution in [0.2, 0.25) is 0 Å². The third kappa shape index (κ3) is 5.34. The number of benzene rings is 1. The van der Waals surface area contributed by atoms with Gasteiger partial charge in [0.15, 0.2) is 0 Å². The number of amides is 1. The van der Waals surface area contributed by atoms with E-state index in [0.29, 0.717) is 13.2 Å². The molecule has 1 aliphatic heterocycles. The molecule has 1 saturated heterocycles. The van der Waals surface area contributed by atoms with E-state index in [1.165, 1.54) is 5.56 Å². The summed E-state index contributed by atoms with van der Waals surface area (Å²) in [6.07, 6.45) is 1.69. The Kier molecular flexibility index (Phi) is 6.54. The van der Waals surface area contributed by atoms with Crippen molar-refractivity contribution in [3.63, 3.8) is 0 Å². The van der Waals surface area contributed by atoms with Gasteiger partial charge in [0.2, 0.25) is 0 Å². The fraction of sp³-hybridized carbons (Fsp3) is 0.562. The summed E-state index contributed by atoms with van der Waals surface area (Å²) < 4.78 is 5.63. The van der Waals surface area contributed by atoms with E-state index in [2.05, 4.69) is 22.3 Å². The molecule has 116 valence electrons. The van der Waals surface area contributed by atoms with E-state index in [1.54, 1.807) is 11.8 Å². The maximum absolute atomic E-state index is 12.2. The summed E-state index contributed by atoms with van der Waals surface area (Å²) in [6.45, 7) is 5.04. The van der Waals surface area contributed by atoms with Crippen LogP contribution in [-0.4, -0.2) is 54.7 Å². The lowest BCUT2D eigenvalue weighted by Crippen LogP contribution is -2.51. The molecule has 1 aromatic carbocycles. The molecule has 0 aromatic heterocycles.